The lowest BCUT2D eigenvalue weighted by Crippen LogP contribution is -2.17. The van der Waals surface area contributed by atoms with E-state index in [4.69, 9.17) is 18.9 Å². The van der Waals surface area contributed by atoms with E-state index in [1.54, 1.807) is 31.4 Å². The highest BCUT2D eigenvalue weighted by Crippen LogP contribution is 2.36. The van der Waals surface area contributed by atoms with Gasteiger partial charge in [0.15, 0.2) is 23.0 Å². The van der Waals surface area contributed by atoms with Crippen LogP contribution in [0, 0.1) is 0 Å². The van der Waals surface area contributed by atoms with Gasteiger partial charge in [-0.2, -0.15) is 5.10 Å². The molecular weight excluding hydrogens is 452 g/mol. The fourth-order valence-corrected chi connectivity index (χ4v) is 3.10. The van der Waals surface area contributed by atoms with Gasteiger partial charge < -0.3 is 18.9 Å². The zero-order chi connectivity index (χ0) is 21.9. The minimum absolute atomic E-state index is 0.361. The number of carbonyl (C=O) groups is 1. The molecule has 2 rings (SSSR count). The minimum Gasteiger partial charge on any atom is -0.493 e. The Kier molecular flexibility index (Phi) is 9.47. The summed E-state index contributed by atoms with van der Waals surface area (Å²) in [5.41, 5.74) is 3.67. The van der Waals surface area contributed by atoms with Crippen LogP contribution < -0.4 is 24.4 Å². The first-order chi connectivity index (χ1) is 14.5. The molecule has 0 spiro atoms. The molecule has 162 valence electrons. The summed E-state index contributed by atoms with van der Waals surface area (Å²) >= 11 is 3.49. The van der Waals surface area contributed by atoms with Gasteiger partial charge in [0.05, 0.1) is 38.1 Å². The van der Waals surface area contributed by atoms with E-state index in [0.717, 1.165) is 22.9 Å². The molecule has 0 aliphatic rings. The van der Waals surface area contributed by atoms with Crippen LogP contribution in [0.4, 0.5) is 0 Å². The molecular formula is C22H27BrN2O5. The van der Waals surface area contributed by atoms with Gasteiger partial charge in [0.2, 0.25) is 0 Å². The lowest BCUT2D eigenvalue weighted by atomic mass is 10.2. The Balaban J connectivity index is 2.09. The van der Waals surface area contributed by atoms with Crippen LogP contribution in [0.25, 0.3) is 0 Å². The molecule has 0 radical (unpaired) electrons. The van der Waals surface area contributed by atoms with Crippen LogP contribution in [0.15, 0.2) is 39.9 Å². The zero-order valence-corrected chi connectivity index (χ0v) is 19.2. The van der Waals surface area contributed by atoms with Crippen LogP contribution in [-0.2, 0) is 0 Å². The number of benzene rings is 2. The molecule has 0 aromatic heterocycles. The second kappa shape index (κ2) is 12.1. The molecule has 0 aliphatic carbocycles. The molecule has 7 nitrogen and oxygen atoms in total. The largest absolute Gasteiger partial charge is 0.493 e. The molecule has 1 amide bonds. The summed E-state index contributed by atoms with van der Waals surface area (Å²) in [4.78, 5) is 12.4. The quantitative estimate of drug-likeness (QED) is 0.370. The predicted octanol–water partition coefficient (Wildman–Crippen LogP) is 4.81. The van der Waals surface area contributed by atoms with Crippen molar-refractivity contribution in [2.75, 3.05) is 27.4 Å². The molecule has 1 N–H and O–H groups in total. The number of nitrogens with one attached hydrogen (secondary N) is 1. The number of hydrazone groups is 1. The van der Waals surface area contributed by atoms with Crippen molar-refractivity contribution in [2.45, 2.75) is 26.7 Å². The Bertz CT molecular complexity index is 886. The standard InChI is InChI=1S/C22H27BrN2O5/c1-5-9-29-18-8-7-16(13-19(18)27-3)22(26)25-24-14-15-11-17(23)21(30-10-6-2)20(12-15)28-4/h7-8,11-14H,5-6,9-10H2,1-4H3,(H,25,26)/b24-14+. The van der Waals surface area contributed by atoms with Crippen molar-refractivity contribution >= 4 is 28.1 Å². The van der Waals surface area contributed by atoms with Crippen LogP contribution in [0.2, 0.25) is 0 Å². The smallest absolute Gasteiger partial charge is 0.271 e. The van der Waals surface area contributed by atoms with E-state index in [1.165, 1.54) is 13.3 Å². The van der Waals surface area contributed by atoms with Gasteiger partial charge in [0.1, 0.15) is 0 Å². The summed E-state index contributed by atoms with van der Waals surface area (Å²) in [6, 6.07) is 8.62. The Morgan fingerprint density at radius 3 is 2.37 bits per heavy atom. The summed E-state index contributed by atoms with van der Waals surface area (Å²) in [5, 5.41) is 4.04. The Morgan fingerprint density at radius 2 is 1.70 bits per heavy atom. The molecule has 0 fully saturated rings. The number of ether oxygens (including phenoxy) is 4. The second-order valence-corrected chi connectivity index (χ2v) is 7.15. The summed E-state index contributed by atoms with van der Waals surface area (Å²) in [6.45, 7) is 5.22. The van der Waals surface area contributed by atoms with E-state index in [-0.39, 0.29) is 5.91 Å². The third-order valence-electron chi connectivity index (χ3n) is 3.97. The molecule has 0 heterocycles. The summed E-state index contributed by atoms with van der Waals surface area (Å²) in [5.74, 6) is 1.95. The van der Waals surface area contributed by atoms with Gasteiger partial charge in [-0.1, -0.05) is 13.8 Å². The van der Waals surface area contributed by atoms with Crippen LogP contribution in [-0.4, -0.2) is 39.6 Å². The summed E-state index contributed by atoms with van der Waals surface area (Å²) in [6.07, 6.45) is 3.30. The maximum atomic E-state index is 12.4. The van der Waals surface area contributed by atoms with Gasteiger partial charge in [-0.25, -0.2) is 5.43 Å². The average Bonchev–Trinajstić information content (AvgIpc) is 2.76. The summed E-state index contributed by atoms with van der Waals surface area (Å²) in [7, 11) is 3.11. The first-order valence-corrected chi connectivity index (χ1v) is 10.5. The Hall–Kier alpha value is -2.74. The van der Waals surface area contributed by atoms with E-state index >= 15 is 0 Å². The maximum absolute atomic E-state index is 12.4. The highest BCUT2D eigenvalue weighted by atomic mass is 79.9. The molecule has 30 heavy (non-hydrogen) atoms. The number of carbonyl (C=O) groups excluding carboxylic acids is 1. The van der Waals surface area contributed by atoms with Crippen molar-refractivity contribution in [1.82, 2.24) is 5.43 Å². The lowest BCUT2D eigenvalue weighted by Gasteiger charge is -2.12. The SMILES string of the molecule is CCCOc1ccc(C(=O)N/N=C/c2cc(Br)c(OCCC)c(OC)c2)cc1OC. The molecule has 0 atom stereocenters. The van der Waals surface area contributed by atoms with Gasteiger partial charge in [-0.05, 0) is 64.7 Å². The Labute approximate surface area is 185 Å². The van der Waals surface area contributed by atoms with Crippen molar-refractivity contribution < 1.29 is 23.7 Å². The fourth-order valence-electron chi connectivity index (χ4n) is 2.53. The topological polar surface area (TPSA) is 78.4 Å². The molecule has 2 aromatic carbocycles. The fraction of sp³-hybridized carbons (Fsp3) is 0.364. The normalized spacial score (nSPS) is 10.7. The lowest BCUT2D eigenvalue weighted by molar-refractivity contribution is 0.0954. The molecule has 8 heteroatoms. The molecule has 0 saturated carbocycles. The maximum Gasteiger partial charge on any atom is 0.271 e. The Morgan fingerprint density at radius 1 is 1.00 bits per heavy atom. The van der Waals surface area contributed by atoms with Crippen molar-refractivity contribution in [3.63, 3.8) is 0 Å². The molecule has 0 unspecified atom stereocenters. The number of nitrogens with zero attached hydrogens (tertiary/aromatic N) is 1. The number of halogens is 1. The van der Waals surface area contributed by atoms with Crippen LogP contribution in [0.3, 0.4) is 0 Å². The van der Waals surface area contributed by atoms with Crippen molar-refractivity contribution in [2.24, 2.45) is 5.10 Å². The first-order valence-electron chi connectivity index (χ1n) is 9.68. The number of hydrogen-bond acceptors (Lipinski definition) is 6. The number of rotatable bonds is 11. The van der Waals surface area contributed by atoms with Gasteiger partial charge in [-0.15, -0.1) is 0 Å². The third kappa shape index (κ3) is 6.38. The van der Waals surface area contributed by atoms with E-state index in [0.29, 0.717) is 41.8 Å². The average molecular weight is 479 g/mol. The highest BCUT2D eigenvalue weighted by molar-refractivity contribution is 9.10. The number of amides is 1. The summed E-state index contributed by atoms with van der Waals surface area (Å²) < 4.78 is 22.8. The van der Waals surface area contributed by atoms with Gasteiger partial charge >= 0.3 is 0 Å². The van der Waals surface area contributed by atoms with Gasteiger partial charge in [-0.3, -0.25) is 4.79 Å². The first kappa shape index (κ1) is 23.5. The monoisotopic (exact) mass is 478 g/mol. The van der Waals surface area contributed by atoms with Crippen molar-refractivity contribution in [3.8, 4) is 23.0 Å². The molecule has 2 aromatic rings. The van der Waals surface area contributed by atoms with Crippen molar-refractivity contribution in [3.05, 3.63) is 45.9 Å². The third-order valence-corrected chi connectivity index (χ3v) is 4.56. The minimum atomic E-state index is -0.361. The van der Waals surface area contributed by atoms with E-state index < -0.39 is 0 Å². The van der Waals surface area contributed by atoms with E-state index in [1.807, 2.05) is 19.9 Å². The van der Waals surface area contributed by atoms with Gasteiger partial charge in [0, 0.05) is 5.56 Å². The zero-order valence-electron chi connectivity index (χ0n) is 17.7. The second-order valence-electron chi connectivity index (χ2n) is 6.30. The molecule has 0 bridgehead atoms. The van der Waals surface area contributed by atoms with E-state index in [9.17, 15) is 4.79 Å². The number of hydrogen-bond donors (Lipinski definition) is 1. The van der Waals surface area contributed by atoms with Crippen LogP contribution in [0.1, 0.15) is 42.6 Å². The number of methoxy groups -OCH3 is 2. The highest BCUT2D eigenvalue weighted by Gasteiger charge is 2.12. The molecule has 0 aliphatic heterocycles. The molecule has 0 saturated heterocycles. The van der Waals surface area contributed by atoms with Gasteiger partial charge in [0.25, 0.3) is 5.91 Å². The van der Waals surface area contributed by atoms with E-state index in [2.05, 4.69) is 26.5 Å². The van der Waals surface area contributed by atoms with Crippen LogP contribution >= 0.6 is 15.9 Å². The predicted molar refractivity (Wildman–Crippen MR) is 120 cm³/mol. The van der Waals surface area contributed by atoms with Crippen molar-refractivity contribution in [1.29, 1.82) is 0 Å². The van der Waals surface area contributed by atoms with Crippen LogP contribution in [0.5, 0.6) is 23.0 Å².